The Bertz CT molecular complexity index is 535. The van der Waals surface area contributed by atoms with E-state index >= 15 is 0 Å². The van der Waals surface area contributed by atoms with Crippen molar-refractivity contribution < 1.29 is 9.90 Å². The second-order valence-corrected chi connectivity index (χ2v) is 3.55. The summed E-state index contributed by atoms with van der Waals surface area (Å²) < 4.78 is 1.59. The molecule has 0 atom stereocenters. The van der Waals surface area contributed by atoms with Gasteiger partial charge in [0.2, 0.25) is 0 Å². The van der Waals surface area contributed by atoms with Crippen LogP contribution in [0.4, 0.5) is 0 Å². The van der Waals surface area contributed by atoms with E-state index in [0.29, 0.717) is 21.6 Å². The fraction of sp³-hybridized carbons (Fsp3) is 0.222. The zero-order valence-electron chi connectivity index (χ0n) is 7.94. The van der Waals surface area contributed by atoms with E-state index in [1.807, 2.05) is 0 Å². The Morgan fingerprint density at radius 2 is 2.33 bits per heavy atom. The van der Waals surface area contributed by atoms with E-state index in [4.69, 9.17) is 16.7 Å². The highest BCUT2D eigenvalue weighted by Crippen LogP contribution is 2.25. The molecule has 0 unspecified atom stereocenters. The highest BCUT2D eigenvalue weighted by atomic mass is 35.5. The first-order valence-electron chi connectivity index (χ1n) is 4.26. The van der Waals surface area contributed by atoms with Gasteiger partial charge in [0.1, 0.15) is 0 Å². The van der Waals surface area contributed by atoms with Crippen LogP contribution < -0.4 is 0 Å². The van der Waals surface area contributed by atoms with Crippen LogP contribution in [0.25, 0.3) is 11.0 Å². The summed E-state index contributed by atoms with van der Waals surface area (Å²) in [5.41, 5.74) is 1.15. The highest BCUT2D eigenvalue weighted by molar-refractivity contribution is 6.36. The lowest BCUT2D eigenvalue weighted by molar-refractivity contribution is -0.136. The zero-order chi connectivity index (χ0) is 11.0. The Kier molecular flexibility index (Phi) is 2.32. The maximum Gasteiger partial charge on any atom is 0.307 e. The van der Waals surface area contributed by atoms with E-state index in [2.05, 4.69) is 10.1 Å². The maximum atomic E-state index is 10.6. The molecule has 0 aromatic carbocycles. The van der Waals surface area contributed by atoms with E-state index in [1.165, 1.54) is 6.20 Å². The number of carbonyl (C=O) groups is 1. The van der Waals surface area contributed by atoms with Gasteiger partial charge in [-0.2, -0.15) is 5.10 Å². The van der Waals surface area contributed by atoms with Crippen LogP contribution in [-0.2, 0) is 18.3 Å². The molecular formula is C9H8ClN3O2. The summed E-state index contributed by atoms with van der Waals surface area (Å²) in [4.78, 5) is 14.7. The number of aryl methyl sites for hydroxylation is 1. The monoisotopic (exact) mass is 225 g/mol. The van der Waals surface area contributed by atoms with Gasteiger partial charge in [-0.3, -0.25) is 9.48 Å². The second kappa shape index (κ2) is 3.51. The topological polar surface area (TPSA) is 68.0 Å². The summed E-state index contributed by atoms with van der Waals surface area (Å²) in [5, 5.41) is 13.8. The molecular weight excluding hydrogens is 218 g/mol. The largest absolute Gasteiger partial charge is 0.481 e. The van der Waals surface area contributed by atoms with Crippen molar-refractivity contribution in [2.75, 3.05) is 0 Å². The van der Waals surface area contributed by atoms with Crippen molar-refractivity contribution in [3.05, 3.63) is 23.0 Å². The van der Waals surface area contributed by atoms with E-state index in [0.717, 1.165) is 0 Å². The van der Waals surface area contributed by atoms with Crippen LogP contribution in [0.1, 0.15) is 5.56 Å². The van der Waals surface area contributed by atoms with E-state index in [9.17, 15) is 4.79 Å². The van der Waals surface area contributed by atoms with Crippen molar-refractivity contribution in [2.24, 2.45) is 7.05 Å². The molecule has 0 radical (unpaired) electrons. The highest BCUT2D eigenvalue weighted by Gasteiger charge is 2.12. The summed E-state index contributed by atoms with van der Waals surface area (Å²) in [6.07, 6.45) is 2.92. The van der Waals surface area contributed by atoms with Crippen molar-refractivity contribution in [1.82, 2.24) is 14.8 Å². The van der Waals surface area contributed by atoms with Gasteiger partial charge in [0.05, 0.1) is 23.0 Å². The van der Waals surface area contributed by atoms with Crippen LogP contribution in [0.2, 0.25) is 5.02 Å². The quantitative estimate of drug-likeness (QED) is 0.835. The number of aliphatic carboxylic acids is 1. The third kappa shape index (κ3) is 1.66. The van der Waals surface area contributed by atoms with Gasteiger partial charge in [-0.05, 0) is 0 Å². The molecule has 2 rings (SSSR count). The number of hydrogen-bond donors (Lipinski definition) is 1. The van der Waals surface area contributed by atoms with E-state index in [1.54, 1.807) is 17.9 Å². The van der Waals surface area contributed by atoms with Crippen molar-refractivity contribution in [2.45, 2.75) is 6.42 Å². The van der Waals surface area contributed by atoms with Crippen LogP contribution in [0, 0.1) is 0 Å². The lowest BCUT2D eigenvalue weighted by Gasteiger charge is -2.01. The third-order valence-electron chi connectivity index (χ3n) is 2.11. The molecule has 0 amide bonds. The molecule has 0 aliphatic rings. The minimum absolute atomic E-state index is 0.128. The van der Waals surface area contributed by atoms with Gasteiger partial charge in [0, 0.05) is 18.8 Å². The molecule has 1 N–H and O–H groups in total. The van der Waals surface area contributed by atoms with Gasteiger partial charge < -0.3 is 5.11 Å². The van der Waals surface area contributed by atoms with Crippen LogP contribution in [0.5, 0.6) is 0 Å². The SMILES string of the molecule is Cn1ncc2c(Cl)c(CC(=O)O)cnc21. The van der Waals surface area contributed by atoms with Gasteiger partial charge in [-0.1, -0.05) is 11.6 Å². The summed E-state index contributed by atoms with van der Waals surface area (Å²) in [7, 11) is 1.75. The smallest absolute Gasteiger partial charge is 0.307 e. The Morgan fingerprint density at radius 1 is 1.60 bits per heavy atom. The standard InChI is InChI=1S/C9H8ClN3O2/c1-13-9-6(4-12-13)8(10)5(3-11-9)2-7(14)15/h3-4H,2H2,1H3,(H,14,15). The first-order chi connectivity index (χ1) is 7.09. The van der Waals surface area contributed by atoms with Crippen LogP contribution in [0.15, 0.2) is 12.4 Å². The minimum atomic E-state index is -0.929. The first kappa shape index (κ1) is 9.92. The maximum absolute atomic E-state index is 10.6. The Morgan fingerprint density at radius 3 is 3.00 bits per heavy atom. The fourth-order valence-electron chi connectivity index (χ4n) is 1.39. The summed E-state index contributed by atoms with van der Waals surface area (Å²) in [6, 6.07) is 0. The Labute approximate surface area is 90.3 Å². The van der Waals surface area contributed by atoms with E-state index < -0.39 is 5.97 Å². The number of hydrogen-bond acceptors (Lipinski definition) is 3. The van der Waals surface area contributed by atoms with Crippen molar-refractivity contribution in [1.29, 1.82) is 0 Å². The van der Waals surface area contributed by atoms with Crippen LogP contribution >= 0.6 is 11.6 Å². The summed E-state index contributed by atoms with van der Waals surface area (Å²) in [5.74, 6) is -0.929. The number of halogens is 1. The van der Waals surface area contributed by atoms with Gasteiger partial charge in [0.25, 0.3) is 0 Å². The minimum Gasteiger partial charge on any atom is -0.481 e. The van der Waals surface area contributed by atoms with Crippen LogP contribution in [-0.4, -0.2) is 25.8 Å². The second-order valence-electron chi connectivity index (χ2n) is 3.17. The summed E-state index contributed by atoms with van der Waals surface area (Å²) in [6.45, 7) is 0. The van der Waals surface area contributed by atoms with Gasteiger partial charge in [-0.15, -0.1) is 0 Å². The van der Waals surface area contributed by atoms with E-state index in [-0.39, 0.29) is 6.42 Å². The first-order valence-corrected chi connectivity index (χ1v) is 4.64. The van der Waals surface area contributed by atoms with Crippen molar-refractivity contribution >= 4 is 28.6 Å². The average Bonchev–Trinajstić information content (AvgIpc) is 2.53. The van der Waals surface area contributed by atoms with Gasteiger partial charge in [-0.25, -0.2) is 4.98 Å². The predicted octanol–water partition coefficient (Wildman–Crippen LogP) is 1.25. The molecule has 0 bridgehead atoms. The molecule has 5 nitrogen and oxygen atoms in total. The number of nitrogens with zero attached hydrogens (tertiary/aromatic N) is 3. The lowest BCUT2D eigenvalue weighted by Crippen LogP contribution is -2.02. The summed E-state index contributed by atoms with van der Waals surface area (Å²) >= 11 is 6.04. The molecule has 2 aromatic rings. The molecule has 0 aliphatic carbocycles. The van der Waals surface area contributed by atoms with Gasteiger partial charge in [0.15, 0.2) is 5.65 Å². The zero-order valence-corrected chi connectivity index (χ0v) is 8.69. The number of carboxylic acids is 1. The Hall–Kier alpha value is -1.62. The normalized spacial score (nSPS) is 10.8. The molecule has 6 heteroatoms. The number of aromatic nitrogens is 3. The predicted molar refractivity (Wildman–Crippen MR) is 54.9 cm³/mol. The molecule has 0 saturated heterocycles. The molecule has 15 heavy (non-hydrogen) atoms. The average molecular weight is 226 g/mol. The van der Waals surface area contributed by atoms with Crippen molar-refractivity contribution in [3.63, 3.8) is 0 Å². The number of pyridine rings is 1. The van der Waals surface area contributed by atoms with Crippen LogP contribution in [0.3, 0.4) is 0 Å². The molecule has 0 aliphatic heterocycles. The molecule has 0 spiro atoms. The third-order valence-corrected chi connectivity index (χ3v) is 2.56. The number of fused-ring (bicyclic) bond motifs is 1. The van der Waals surface area contributed by atoms with Gasteiger partial charge >= 0.3 is 5.97 Å². The molecule has 2 heterocycles. The fourth-order valence-corrected chi connectivity index (χ4v) is 1.64. The number of carboxylic acid groups (broad SMARTS) is 1. The molecule has 0 fully saturated rings. The molecule has 0 saturated carbocycles. The molecule has 2 aromatic heterocycles. The number of rotatable bonds is 2. The van der Waals surface area contributed by atoms with Crippen molar-refractivity contribution in [3.8, 4) is 0 Å². The Balaban J connectivity index is 2.60. The molecule has 78 valence electrons. The lowest BCUT2D eigenvalue weighted by atomic mass is 10.2.